The lowest BCUT2D eigenvalue weighted by molar-refractivity contribution is 0.627. The van der Waals surface area contributed by atoms with E-state index in [-0.39, 0.29) is 5.82 Å². The van der Waals surface area contributed by atoms with Gasteiger partial charge in [0.25, 0.3) is 0 Å². The molecular weight excluding hydrogens is 351 g/mol. The molecule has 0 unspecified atom stereocenters. The molecule has 1 N–H and O–H groups in total. The van der Waals surface area contributed by atoms with Crippen LogP contribution in [0.3, 0.4) is 0 Å². The summed E-state index contributed by atoms with van der Waals surface area (Å²) >= 11 is 8.91. The van der Waals surface area contributed by atoms with Crippen LogP contribution in [0.25, 0.3) is 11.4 Å². The number of halogens is 2. The molecule has 0 bridgehead atoms. The van der Waals surface area contributed by atoms with Gasteiger partial charge in [-0.25, -0.2) is 9.37 Å². The minimum atomic E-state index is -0.253. The van der Waals surface area contributed by atoms with Gasteiger partial charge in [-0.2, -0.15) is 0 Å². The zero-order valence-corrected chi connectivity index (χ0v) is 14.2. The normalized spacial score (nSPS) is 15.6. The molecule has 3 rings (SSSR count). The van der Waals surface area contributed by atoms with Gasteiger partial charge in [0.05, 0.1) is 4.47 Å². The van der Waals surface area contributed by atoms with E-state index in [0.29, 0.717) is 16.4 Å². The van der Waals surface area contributed by atoms with Crippen LogP contribution in [0.1, 0.15) is 42.9 Å². The second kappa shape index (κ2) is 5.97. The maximum Gasteiger partial charge on any atom is 0.144 e. The number of aromatic nitrogens is 2. The molecule has 5 heteroatoms. The highest BCUT2D eigenvalue weighted by Crippen LogP contribution is 2.37. The highest BCUT2D eigenvalue weighted by Gasteiger charge is 2.22. The lowest BCUT2D eigenvalue weighted by Gasteiger charge is -2.14. The Hall–Kier alpha value is -1.07. The van der Waals surface area contributed by atoms with E-state index in [1.807, 2.05) is 13.0 Å². The fourth-order valence-corrected chi connectivity index (χ4v) is 3.69. The van der Waals surface area contributed by atoms with Gasteiger partial charge in [-0.1, -0.05) is 25.1 Å². The Bertz CT molecular complexity index is 715. The molecule has 0 atom stereocenters. The quantitative estimate of drug-likeness (QED) is 0.693. The Morgan fingerprint density at radius 1 is 1.29 bits per heavy atom. The minimum absolute atomic E-state index is 0.253. The molecule has 110 valence electrons. The van der Waals surface area contributed by atoms with E-state index < -0.39 is 0 Å². The third kappa shape index (κ3) is 3.09. The summed E-state index contributed by atoms with van der Waals surface area (Å²) in [4.78, 5) is 7.78. The summed E-state index contributed by atoms with van der Waals surface area (Å²) in [5, 5.41) is 0. The van der Waals surface area contributed by atoms with E-state index >= 15 is 0 Å². The highest BCUT2D eigenvalue weighted by molar-refractivity contribution is 9.10. The molecule has 0 radical (unpaired) electrons. The van der Waals surface area contributed by atoms with Gasteiger partial charge in [-0.15, -0.1) is 0 Å². The van der Waals surface area contributed by atoms with Gasteiger partial charge in [-0.05, 0) is 59.5 Å². The molecule has 0 spiro atoms. The number of aromatic amines is 1. The van der Waals surface area contributed by atoms with E-state index in [4.69, 9.17) is 12.2 Å². The van der Waals surface area contributed by atoms with E-state index in [1.54, 1.807) is 0 Å². The van der Waals surface area contributed by atoms with Crippen molar-refractivity contribution in [2.24, 2.45) is 0 Å². The first-order valence-electron chi connectivity index (χ1n) is 7.12. The first kappa shape index (κ1) is 14.9. The molecule has 0 saturated heterocycles. The van der Waals surface area contributed by atoms with Gasteiger partial charge in [0, 0.05) is 17.2 Å². The number of benzene rings is 1. The minimum Gasteiger partial charge on any atom is -0.342 e. The van der Waals surface area contributed by atoms with Crippen LogP contribution >= 0.6 is 28.1 Å². The Kier molecular flexibility index (Phi) is 4.22. The number of nitrogens with zero attached hydrogens (tertiary/aromatic N) is 1. The van der Waals surface area contributed by atoms with Gasteiger partial charge >= 0.3 is 0 Å². The Balaban J connectivity index is 2.12. The zero-order chi connectivity index (χ0) is 15.0. The summed E-state index contributed by atoms with van der Waals surface area (Å²) in [6, 6.07) is 4.92. The Morgan fingerprint density at radius 2 is 2.00 bits per heavy atom. The molecular formula is C16H16BrFN2S. The topological polar surface area (TPSA) is 28.7 Å². The van der Waals surface area contributed by atoms with Crippen molar-refractivity contribution >= 4 is 28.1 Å². The van der Waals surface area contributed by atoms with E-state index in [2.05, 4.69) is 25.9 Å². The van der Waals surface area contributed by atoms with E-state index in [1.165, 1.54) is 25.0 Å². The van der Waals surface area contributed by atoms with Crippen LogP contribution in [-0.2, 0) is 0 Å². The first-order valence-corrected chi connectivity index (χ1v) is 8.32. The van der Waals surface area contributed by atoms with Gasteiger partial charge in [0.15, 0.2) is 0 Å². The van der Waals surface area contributed by atoms with Crippen LogP contribution < -0.4 is 0 Å². The van der Waals surface area contributed by atoms with Crippen molar-refractivity contribution in [2.75, 3.05) is 0 Å². The number of H-pyrrole nitrogens is 1. The number of nitrogens with one attached hydrogen (secondary N) is 1. The Labute approximate surface area is 137 Å². The molecule has 1 aromatic heterocycles. The monoisotopic (exact) mass is 366 g/mol. The van der Waals surface area contributed by atoms with Crippen LogP contribution in [0.15, 0.2) is 22.7 Å². The number of aryl methyl sites for hydroxylation is 1. The third-order valence-corrected chi connectivity index (χ3v) is 5.33. The number of rotatable bonds is 2. The average Bonchev–Trinajstić information content (AvgIpc) is 2.94. The fourth-order valence-electron chi connectivity index (χ4n) is 2.98. The van der Waals surface area contributed by atoms with Gasteiger partial charge in [0.1, 0.15) is 16.3 Å². The second-order valence-electron chi connectivity index (χ2n) is 5.62. The molecule has 2 aromatic rings. The molecule has 21 heavy (non-hydrogen) atoms. The number of hydrogen-bond donors (Lipinski definition) is 1. The van der Waals surface area contributed by atoms with Crippen molar-refractivity contribution in [3.8, 4) is 11.4 Å². The predicted octanol–water partition coefficient (Wildman–Crippen LogP) is 5.67. The largest absolute Gasteiger partial charge is 0.342 e. The van der Waals surface area contributed by atoms with Crippen molar-refractivity contribution in [1.29, 1.82) is 0 Å². The molecule has 0 amide bonds. The fraction of sp³-hybridized carbons (Fsp3) is 0.375. The molecule has 1 fully saturated rings. The average molecular weight is 367 g/mol. The summed E-state index contributed by atoms with van der Waals surface area (Å²) in [5.41, 5.74) is 2.71. The predicted molar refractivity (Wildman–Crippen MR) is 88.5 cm³/mol. The van der Waals surface area contributed by atoms with E-state index in [0.717, 1.165) is 34.1 Å². The summed E-state index contributed by atoms with van der Waals surface area (Å²) in [5.74, 6) is 0.877. The smallest absolute Gasteiger partial charge is 0.144 e. The molecule has 1 heterocycles. The van der Waals surface area contributed by atoms with Crippen LogP contribution in [0.4, 0.5) is 4.39 Å². The zero-order valence-electron chi connectivity index (χ0n) is 11.7. The summed E-state index contributed by atoms with van der Waals surface area (Å²) in [6.07, 6.45) is 4.81. The second-order valence-corrected chi connectivity index (χ2v) is 6.80. The lowest BCUT2D eigenvalue weighted by Crippen LogP contribution is -2.03. The first-order chi connectivity index (χ1) is 10.0. The van der Waals surface area contributed by atoms with Gasteiger partial charge in [-0.3, -0.25) is 0 Å². The summed E-state index contributed by atoms with van der Waals surface area (Å²) in [6.45, 7) is 1.87. The van der Waals surface area contributed by atoms with Crippen LogP contribution in [0.5, 0.6) is 0 Å². The van der Waals surface area contributed by atoms with Crippen LogP contribution in [-0.4, -0.2) is 9.97 Å². The van der Waals surface area contributed by atoms with Gasteiger partial charge in [0.2, 0.25) is 0 Å². The lowest BCUT2D eigenvalue weighted by atomic mass is 10.0. The van der Waals surface area contributed by atoms with Crippen LogP contribution in [0.2, 0.25) is 0 Å². The van der Waals surface area contributed by atoms with E-state index in [9.17, 15) is 4.39 Å². The molecule has 1 aliphatic carbocycles. The SMILES string of the molecule is Cc1cc(F)cc(-c2nc(=S)c(Br)c(C3CCCC3)[nH]2)c1. The standard InChI is InChI=1S/C16H16BrFN2S/c1-9-6-11(8-12(18)7-9)15-19-14(10-4-2-3-5-10)13(17)16(21)20-15/h6-8,10H,2-5H2,1H3,(H,19,20,21). The number of hydrogen-bond acceptors (Lipinski definition) is 2. The van der Waals surface area contributed by atoms with Gasteiger partial charge < -0.3 is 4.98 Å². The van der Waals surface area contributed by atoms with Crippen molar-refractivity contribution in [3.05, 3.63) is 44.4 Å². The maximum atomic E-state index is 13.6. The highest BCUT2D eigenvalue weighted by atomic mass is 79.9. The van der Waals surface area contributed by atoms with Crippen molar-refractivity contribution in [3.63, 3.8) is 0 Å². The maximum absolute atomic E-state index is 13.6. The molecule has 2 nitrogen and oxygen atoms in total. The molecule has 0 aliphatic heterocycles. The third-order valence-electron chi connectivity index (χ3n) is 3.97. The van der Waals surface area contributed by atoms with Crippen molar-refractivity contribution < 1.29 is 4.39 Å². The molecule has 1 saturated carbocycles. The van der Waals surface area contributed by atoms with Crippen molar-refractivity contribution in [2.45, 2.75) is 38.5 Å². The molecule has 1 aromatic carbocycles. The summed E-state index contributed by atoms with van der Waals surface area (Å²) < 4.78 is 15.0. The Morgan fingerprint density at radius 3 is 2.67 bits per heavy atom. The molecule has 1 aliphatic rings. The summed E-state index contributed by atoms with van der Waals surface area (Å²) in [7, 11) is 0. The van der Waals surface area contributed by atoms with Crippen molar-refractivity contribution in [1.82, 2.24) is 9.97 Å². The van der Waals surface area contributed by atoms with Crippen LogP contribution in [0, 0.1) is 17.4 Å².